The Morgan fingerprint density at radius 3 is 2.70 bits per heavy atom. The lowest BCUT2D eigenvalue weighted by molar-refractivity contribution is -0.117. The third kappa shape index (κ3) is 3.26. The number of hydrogen-bond acceptors (Lipinski definition) is 2. The number of nitrogens with zero attached hydrogens (tertiary/aromatic N) is 1. The fraction of sp³-hybridized carbons (Fsp3) is 0.263. The predicted octanol–water partition coefficient (Wildman–Crippen LogP) is 3.68. The van der Waals surface area contributed by atoms with Gasteiger partial charge in [0.15, 0.2) is 0 Å². The number of aryl methyl sites for hydroxylation is 2. The number of nitrogens with one attached hydrogen (secondary N) is 1. The largest absolute Gasteiger partial charge is 0.322 e. The van der Waals surface area contributed by atoms with Crippen molar-refractivity contribution in [2.24, 2.45) is 0 Å². The van der Waals surface area contributed by atoms with Gasteiger partial charge in [0.2, 0.25) is 5.91 Å². The zero-order valence-electron chi connectivity index (χ0n) is 13.4. The second-order valence-corrected chi connectivity index (χ2v) is 5.97. The molecule has 0 aromatic heterocycles. The quantitative estimate of drug-likeness (QED) is 0.940. The highest BCUT2D eigenvalue weighted by molar-refractivity contribution is 6.06. The Kier molecular flexibility index (Phi) is 4.15. The minimum absolute atomic E-state index is 0.129. The van der Waals surface area contributed by atoms with Crippen LogP contribution in [0, 0.1) is 13.8 Å². The van der Waals surface area contributed by atoms with E-state index in [-0.39, 0.29) is 11.8 Å². The summed E-state index contributed by atoms with van der Waals surface area (Å²) < 4.78 is 0. The Bertz CT molecular complexity index is 768. The van der Waals surface area contributed by atoms with Crippen LogP contribution in [-0.2, 0) is 4.79 Å². The van der Waals surface area contributed by atoms with Crippen molar-refractivity contribution >= 4 is 23.2 Å². The molecule has 1 fully saturated rings. The Labute approximate surface area is 136 Å². The highest BCUT2D eigenvalue weighted by Crippen LogP contribution is 2.24. The van der Waals surface area contributed by atoms with Crippen LogP contribution in [0.15, 0.2) is 42.5 Å². The minimum Gasteiger partial charge on any atom is -0.322 e. The molecule has 1 heterocycles. The van der Waals surface area contributed by atoms with Crippen LogP contribution in [0.2, 0.25) is 0 Å². The average Bonchev–Trinajstić information content (AvgIpc) is 2.96. The van der Waals surface area contributed by atoms with Crippen LogP contribution in [0.4, 0.5) is 11.4 Å². The van der Waals surface area contributed by atoms with Gasteiger partial charge in [-0.1, -0.05) is 23.8 Å². The molecule has 2 aromatic rings. The van der Waals surface area contributed by atoms with E-state index in [1.165, 1.54) is 0 Å². The Morgan fingerprint density at radius 2 is 1.96 bits per heavy atom. The van der Waals surface area contributed by atoms with Crippen molar-refractivity contribution in [3.05, 3.63) is 59.2 Å². The van der Waals surface area contributed by atoms with Crippen LogP contribution < -0.4 is 10.2 Å². The lowest BCUT2D eigenvalue weighted by Crippen LogP contribution is -2.23. The van der Waals surface area contributed by atoms with Gasteiger partial charge in [0, 0.05) is 29.9 Å². The molecule has 0 saturated carbocycles. The van der Waals surface area contributed by atoms with Crippen molar-refractivity contribution in [2.75, 3.05) is 16.8 Å². The number of rotatable bonds is 3. The Hall–Kier alpha value is -2.62. The standard InChI is InChI=1S/C19H20N2O2/c1-13-8-9-14(2)17(11-13)19(23)20-15-5-3-6-16(12-15)21-10-4-7-18(21)22/h3,5-6,8-9,11-12H,4,7,10H2,1-2H3,(H,20,23). The van der Waals surface area contributed by atoms with Gasteiger partial charge < -0.3 is 10.2 Å². The maximum absolute atomic E-state index is 12.5. The summed E-state index contributed by atoms with van der Waals surface area (Å²) in [6, 6.07) is 13.3. The molecule has 1 aliphatic rings. The first-order valence-corrected chi connectivity index (χ1v) is 7.83. The fourth-order valence-electron chi connectivity index (χ4n) is 2.85. The predicted molar refractivity (Wildman–Crippen MR) is 91.9 cm³/mol. The second kappa shape index (κ2) is 6.24. The first-order chi connectivity index (χ1) is 11.0. The van der Waals surface area contributed by atoms with Crippen LogP contribution in [0.25, 0.3) is 0 Å². The fourth-order valence-corrected chi connectivity index (χ4v) is 2.85. The minimum atomic E-state index is -0.129. The van der Waals surface area contributed by atoms with Crippen molar-refractivity contribution in [1.29, 1.82) is 0 Å². The Balaban J connectivity index is 1.81. The number of carbonyl (C=O) groups excluding carboxylic acids is 2. The lowest BCUT2D eigenvalue weighted by atomic mass is 10.0. The molecule has 1 N–H and O–H groups in total. The zero-order valence-corrected chi connectivity index (χ0v) is 13.4. The van der Waals surface area contributed by atoms with Gasteiger partial charge >= 0.3 is 0 Å². The van der Waals surface area contributed by atoms with Gasteiger partial charge in [0.05, 0.1) is 0 Å². The molecule has 4 heteroatoms. The molecule has 3 rings (SSSR count). The molecule has 2 amide bonds. The molecule has 0 spiro atoms. The normalized spacial score (nSPS) is 14.2. The van der Waals surface area contributed by atoms with E-state index in [1.807, 2.05) is 56.3 Å². The van der Waals surface area contributed by atoms with Crippen LogP contribution in [0.5, 0.6) is 0 Å². The zero-order chi connectivity index (χ0) is 16.4. The highest BCUT2D eigenvalue weighted by Gasteiger charge is 2.21. The monoisotopic (exact) mass is 308 g/mol. The summed E-state index contributed by atoms with van der Waals surface area (Å²) in [4.78, 5) is 26.1. The molecule has 0 bridgehead atoms. The summed E-state index contributed by atoms with van der Waals surface area (Å²) in [6.07, 6.45) is 1.48. The summed E-state index contributed by atoms with van der Waals surface area (Å²) >= 11 is 0. The summed E-state index contributed by atoms with van der Waals surface area (Å²) in [5, 5.41) is 2.93. The summed E-state index contributed by atoms with van der Waals surface area (Å²) in [5.41, 5.74) is 4.21. The topological polar surface area (TPSA) is 49.4 Å². The van der Waals surface area contributed by atoms with Crippen LogP contribution >= 0.6 is 0 Å². The number of benzene rings is 2. The van der Waals surface area contributed by atoms with Crippen LogP contribution in [-0.4, -0.2) is 18.4 Å². The van der Waals surface area contributed by atoms with E-state index in [1.54, 1.807) is 4.90 Å². The van der Waals surface area contributed by atoms with Crippen molar-refractivity contribution in [3.63, 3.8) is 0 Å². The maximum Gasteiger partial charge on any atom is 0.255 e. The van der Waals surface area contributed by atoms with Gasteiger partial charge in [-0.05, 0) is 50.1 Å². The molecule has 4 nitrogen and oxygen atoms in total. The van der Waals surface area contributed by atoms with Crippen molar-refractivity contribution < 1.29 is 9.59 Å². The molecule has 118 valence electrons. The van der Waals surface area contributed by atoms with E-state index in [0.29, 0.717) is 17.7 Å². The van der Waals surface area contributed by atoms with E-state index in [0.717, 1.165) is 29.8 Å². The van der Waals surface area contributed by atoms with Gasteiger partial charge in [-0.15, -0.1) is 0 Å². The molecule has 0 radical (unpaired) electrons. The average molecular weight is 308 g/mol. The van der Waals surface area contributed by atoms with Crippen LogP contribution in [0.3, 0.4) is 0 Å². The molecule has 1 aliphatic heterocycles. The van der Waals surface area contributed by atoms with E-state index in [2.05, 4.69) is 5.32 Å². The van der Waals surface area contributed by atoms with Gasteiger partial charge in [0.1, 0.15) is 0 Å². The van der Waals surface area contributed by atoms with E-state index < -0.39 is 0 Å². The molecule has 0 aliphatic carbocycles. The Morgan fingerprint density at radius 1 is 1.13 bits per heavy atom. The van der Waals surface area contributed by atoms with Gasteiger partial charge in [0.25, 0.3) is 5.91 Å². The second-order valence-electron chi connectivity index (χ2n) is 5.97. The first-order valence-electron chi connectivity index (χ1n) is 7.83. The molecular weight excluding hydrogens is 288 g/mol. The third-order valence-electron chi connectivity index (χ3n) is 4.13. The summed E-state index contributed by atoms with van der Waals surface area (Å²) in [7, 11) is 0. The highest BCUT2D eigenvalue weighted by atomic mass is 16.2. The summed E-state index contributed by atoms with van der Waals surface area (Å²) in [5.74, 6) is 0.0131. The molecular formula is C19H20N2O2. The SMILES string of the molecule is Cc1ccc(C)c(C(=O)Nc2cccc(N3CCCC3=O)c2)c1. The van der Waals surface area contributed by atoms with Gasteiger partial charge in [-0.3, -0.25) is 9.59 Å². The van der Waals surface area contributed by atoms with Gasteiger partial charge in [-0.2, -0.15) is 0 Å². The van der Waals surface area contributed by atoms with Crippen molar-refractivity contribution in [3.8, 4) is 0 Å². The lowest BCUT2D eigenvalue weighted by Gasteiger charge is -2.17. The molecule has 2 aromatic carbocycles. The number of amides is 2. The number of carbonyl (C=O) groups is 2. The number of hydrogen-bond donors (Lipinski definition) is 1. The van der Waals surface area contributed by atoms with E-state index in [4.69, 9.17) is 0 Å². The maximum atomic E-state index is 12.5. The van der Waals surface area contributed by atoms with Crippen molar-refractivity contribution in [1.82, 2.24) is 0 Å². The van der Waals surface area contributed by atoms with Crippen LogP contribution in [0.1, 0.15) is 34.3 Å². The number of anilines is 2. The molecule has 23 heavy (non-hydrogen) atoms. The van der Waals surface area contributed by atoms with E-state index in [9.17, 15) is 9.59 Å². The first kappa shape index (κ1) is 15.3. The third-order valence-corrected chi connectivity index (χ3v) is 4.13. The summed E-state index contributed by atoms with van der Waals surface area (Å²) in [6.45, 7) is 4.64. The van der Waals surface area contributed by atoms with E-state index >= 15 is 0 Å². The molecule has 0 unspecified atom stereocenters. The molecule has 1 saturated heterocycles. The smallest absolute Gasteiger partial charge is 0.255 e. The van der Waals surface area contributed by atoms with Crippen molar-refractivity contribution in [2.45, 2.75) is 26.7 Å². The molecule has 0 atom stereocenters. The van der Waals surface area contributed by atoms with Gasteiger partial charge in [-0.25, -0.2) is 0 Å².